The maximum atomic E-state index is 10.6. The molecule has 0 aliphatic heterocycles. The number of thioether (sulfide) groups is 1. The average molecular weight is 264 g/mol. The Morgan fingerprint density at radius 1 is 1.33 bits per heavy atom. The van der Waals surface area contributed by atoms with Crippen LogP contribution in [-0.4, -0.2) is 36.6 Å². The molecule has 0 bridgehead atoms. The molecule has 0 saturated carbocycles. The molecule has 94 valence electrons. The molecule has 7 heteroatoms. The van der Waals surface area contributed by atoms with Crippen LogP contribution in [0.15, 0.2) is 23.5 Å². The Morgan fingerprint density at radius 2 is 2.11 bits per heavy atom. The third-order valence-corrected chi connectivity index (χ3v) is 3.13. The second-order valence-electron chi connectivity index (χ2n) is 3.74. The summed E-state index contributed by atoms with van der Waals surface area (Å²) in [6.07, 6.45) is 1.47. The molecule has 0 aliphatic rings. The summed E-state index contributed by atoms with van der Waals surface area (Å²) in [7, 11) is 0. The fourth-order valence-electron chi connectivity index (χ4n) is 1.43. The molecule has 2 heterocycles. The van der Waals surface area contributed by atoms with Gasteiger partial charge in [0, 0.05) is 11.8 Å². The molecule has 0 fully saturated rings. The summed E-state index contributed by atoms with van der Waals surface area (Å²) >= 11 is 1.22. The van der Waals surface area contributed by atoms with E-state index in [-0.39, 0.29) is 5.75 Å². The predicted octanol–water partition coefficient (Wildman–Crippen LogP) is 1.46. The van der Waals surface area contributed by atoms with Crippen molar-refractivity contribution in [2.45, 2.75) is 18.9 Å². The Balaban J connectivity index is 2.35. The van der Waals surface area contributed by atoms with E-state index in [4.69, 9.17) is 5.11 Å². The van der Waals surface area contributed by atoms with Gasteiger partial charge < -0.3 is 5.11 Å². The van der Waals surface area contributed by atoms with E-state index in [2.05, 4.69) is 15.1 Å². The lowest BCUT2D eigenvalue weighted by atomic mass is 10.4. The number of hydrogen-bond donors (Lipinski definition) is 1. The third-order valence-electron chi connectivity index (χ3n) is 2.15. The number of aliphatic carboxylic acids is 1. The van der Waals surface area contributed by atoms with Crippen molar-refractivity contribution in [3.8, 4) is 5.82 Å². The van der Waals surface area contributed by atoms with E-state index in [9.17, 15) is 4.79 Å². The molecule has 0 radical (unpaired) electrons. The van der Waals surface area contributed by atoms with Crippen molar-refractivity contribution in [3.05, 3.63) is 29.8 Å². The second kappa shape index (κ2) is 5.18. The summed E-state index contributed by atoms with van der Waals surface area (Å²) < 4.78 is 1.64. The first-order chi connectivity index (χ1) is 8.56. The van der Waals surface area contributed by atoms with Crippen molar-refractivity contribution >= 4 is 17.7 Å². The Kier molecular flexibility index (Phi) is 3.61. The molecule has 2 aromatic heterocycles. The van der Waals surface area contributed by atoms with Gasteiger partial charge >= 0.3 is 5.97 Å². The maximum Gasteiger partial charge on any atom is 0.313 e. The van der Waals surface area contributed by atoms with Gasteiger partial charge in [0.05, 0.1) is 11.4 Å². The van der Waals surface area contributed by atoms with Gasteiger partial charge in [-0.1, -0.05) is 11.8 Å². The van der Waals surface area contributed by atoms with Gasteiger partial charge in [-0.05, 0) is 19.9 Å². The van der Waals surface area contributed by atoms with Gasteiger partial charge in [-0.2, -0.15) is 5.10 Å². The average Bonchev–Trinajstić information content (AvgIpc) is 2.68. The van der Waals surface area contributed by atoms with E-state index in [1.165, 1.54) is 18.1 Å². The maximum absolute atomic E-state index is 10.6. The highest BCUT2D eigenvalue weighted by Crippen LogP contribution is 2.21. The van der Waals surface area contributed by atoms with Gasteiger partial charge in [0.1, 0.15) is 11.4 Å². The zero-order chi connectivity index (χ0) is 13.1. The van der Waals surface area contributed by atoms with E-state index in [1.807, 2.05) is 19.9 Å². The smallest absolute Gasteiger partial charge is 0.313 e. The van der Waals surface area contributed by atoms with E-state index >= 15 is 0 Å². The summed E-state index contributed by atoms with van der Waals surface area (Å²) in [5, 5.41) is 13.8. The van der Waals surface area contributed by atoms with Gasteiger partial charge in [-0.15, -0.1) is 0 Å². The van der Waals surface area contributed by atoms with Gasteiger partial charge in [0.15, 0.2) is 5.82 Å². The van der Waals surface area contributed by atoms with Crippen LogP contribution in [-0.2, 0) is 4.79 Å². The highest BCUT2D eigenvalue weighted by molar-refractivity contribution is 7.99. The molecule has 2 aromatic rings. The molecule has 0 aliphatic carbocycles. The largest absolute Gasteiger partial charge is 0.481 e. The minimum absolute atomic E-state index is 0.00476. The number of carbonyl (C=O) groups is 1. The monoisotopic (exact) mass is 264 g/mol. The molecule has 0 spiro atoms. The van der Waals surface area contributed by atoms with E-state index in [1.54, 1.807) is 10.7 Å². The van der Waals surface area contributed by atoms with Gasteiger partial charge in [-0.25, -0.2) is 14.6 Å². The zero-order valence-electron chi connectivity index (χ0n) is 9.99. The SMILES string of the molecule is Cc1cc(-n2nc(C)cc2SCC(=O)O)ncn1. The first-order valence-electron chi connectivity index (χ1n) is 5.26. The van der Waals surface area contributed by atoms with Crippen LogP contribution < -0.4 is 0 Å². The molecular formula is C11H12N4O2S. The minimum Gasteiger partial charge on any atom is -0.481 e. The van der Waals surface area contributed by atoms with Crippen LogP contribution in [0.2, 0.25) is 0 Å². The van der Waals surface area contributed by atoms with Gasteiger partial charge in [0.2, 0.25) is 0 Å². The summed E-state index contributed by atoms with van der Waals surface area (Å²) in [4.78, 5) is 18.8. The fourth-order valence-corrected chi connectivity index (χ4v) is 2.22. The molecular weight excluding hydrogens is 252 g/mol. The fraction of sp³-hybridized carbons (Fsp3) is 0.273. The number of nitrogens with zero attached hydrogens (tertiary/aromatic N) is 4. The summed E-state index contributed by atoms with van der Waals surface area (Å²) in [6.45, 7) is 3.72. The first-order valence-corrected chi connectivity index (χ1v) is 6.25. The first kappa shape index (κ1) is 12.6. The number of hydrogen-bond acceptors (Lipinski definition) is 5. The van der Waals surface area contributed by atoms with Crippen molar-refractivity contribution in [2.24, 2.45) is 0 Å². The Bertz CT molecular complexity index is 582. The van der Waals surface area contributed by atoms with Crippen molar-refractivity contribution in [3.63, 3.8) is 0 Å². The molecule has 6 nitrogen and oxygen atoms in total. The number of aromatic nitrogens is 4. The Labute approximate surface area is 108 Å². The molecule has 0 atom stereocenters. The van der Waals surface area contributed by atoms with Crippen molar-refractivity contribution in [1.82, 2.24) is 19.7 Å². The molecule has 0 amide bonds. The Hall–Kier alpha value is -1.89. The second-order valence-corrected chi connectivity index (χ2v) is 4.73. The molecule has 2 rings (SSSR count). The van der Waals surface area contributed by atoms with Crippen LogP contribution in [0.25, 0.3) is 5.82 Å². The minimum atomic E-state index is -0.857. The van der Waals surface area contributed by atoms with Crippen LogP contribution >= 0.6 is 11.8 Å². The van der Waals surface area contributed by atoms with E-state index < -0.39 is 5.97 Å². The normalized spacial score (nSPS) is 10.6. The predicted molar refractivity (Wildman–Crippen MR) is 67.0 cm³/mol. The van der Waals surface area contributed by atoms with Crippen LogP contribution in [0.1, 0.15) is 11.4 Å². The number of carboxylic acids is 1. The number of aryl methyl sites for hydroxylation is 2. The summed E-state index contributed by atoms with van der Waals surface area (Å²) in [5.41, 5.74) is 1.65. The van der Waals surface area contributed by atoms with Gasteiger partial charge in [0.25, 0.3) is 0 Å². The van der Waals surface area contributed by atoms with Crippen LogP contribution in [0.4, 0.5) is 0 Å². The molecule has 0 aromatic carbocycles. The lowest BCUT2D eigenvalue weighted by Gasteiger charge is -2.05. The third kappa shape index (κ3) is 2.86. The van der Waals surface area contributed by atoms with E-state index in [0.29, 0.717) is 5.82 Å². The zero-order valence-corrected chi connectivity index (χ0v) is 10.8. The highest BCUT2D eigenvalue weighted by Gasteiger charge is 2.11. The molecule has 0 unspecified atom stereocenters. The molecule has 18 heavy (non-hydrogen) atoms. The van der Waals surface area contributed by atoms with Crippen molar-refractivity contribution in [1.29, 1.82) is 0 Å². The van der Waals surface area contributed by atoms with Crippen LogP contribution in [0, 0.1) is 13.8 Å². The van der Waals surface area contributed by atoms with Crippen molar-refractivity contribution in [2.75, 3.05) is 5.75 Å². The number of rotatable bonds is 4. The van der Waals surface area contributed by atoms with Crippen LogP contribution in [0.3, 0.4) is 0 Å². The molecule has 1 N–H and O–H groups in total. The lowest BCUT2D eigenvalue weighted by molar-refractivity contribution is -0.133. The Morgan fingerprint density at radius 3 is 2.78 bits per heavy atom. The van der Waals surface area contributed by atoms with Crippen molar-refractivity contribution < 1.29 is 9.90 Å². The number of carboxylic acid groups (broad SMARTS) is 1. The summed E-state index contributed by atoms with van der Waals surface area (Å²) in [6, 6.07) is 3.64. The standard InChI is InChI=1S/C11H12N4O2S/c1-7-3-9(13-6-12-7)15-10(4-8(2)14-15)18-5-11(16)17/h3-4,6H,5H2,1-2H3,(H,16,17). The van der Waals surface area contributed by atoms with Crippen LogP contribution in [0.5, 0.6) is 0 Å². The highest BCUT2D eigenvalue weighted by atomic mass is 32.2. The topological polar surface area (TPSA) is 80.9 Å². The van der Waals surface area contributed by atoms with Gasteiger partial charge in [-0.3, -0.25) is 4.79 Å². The summed E-state index contributed by atoms with van der Waals surface area (Å²) in [5.74, 6) is -0.220. The van der Waals surface area contributed by atoms with E-state index in [0.717, 1.165) is 16.4 Å². The quantitative estimate of drug-likeness (QED) is 0.842. The lowest BCUT2D eigenvalue weighted by Crippen LogP contribution is -2.04. The molecule has 0 saturated heterocycles.